The van der Waals surface area contributed by atoms with Gasteiger partial charge in [0.15, 0.2) is 0 Å². The summed E-state index contributed by atoms with van der Waals surface area (Å²) in [6.07, 6.45) is 2.44. The lowest BCUT2D eigenvalue weighted by atomic mass is 10.1. The Morgan fingerprint density at radius 1 is 1.14 bits per heavy atom. The molecular weight excluding hydrogens is 305 g/mol. The van der Waals surface area contributed by atoms with Crippen molar-refractivity contribution >= 4 is 23.2 Å². The second kappa shape index (κ2) is 5.88. The van der Waals surface area contributed by atoms with E-state index in [1.807, 2.05) is 37.3 Å². The third kappa shape index (κ3) is 3.09. The number of imidazole rings is 1. The van der Waals surface area contributed by atoms with Gasteiger partial charge in [-0.15, -0.1) is 0 Å². The van der Waals surface area contributed by atoms with E-state index in [2.05, 4.69) is 15.0 Å². The van der Waals surface area contributed by atoms with E-state index in [0.717, 1.165) is 28.5 Å². The first kappa shape index (κ1) is 14.1. The fraction of sp³-hybridized carbons (Fsp3) is 0.125. The number of rotatable bonds is 3. The first-order chi connectivity index (χ1) is 10.1. The molecule has 0 aliphatic rings. The van der Waals surface area contributed by atoms with Gasteiger partial charge in [-0.05, 0) is 37.3 Å². The molecule has 2 aromatic heterocycles. The Hall–Kier alpha value is -1.84. The van der Waals surface area contributed by atoms with Gasteiger partial charge in [0.25, 0.3) is 0 Å². The van der Waals surface area contributed by atoms with Crippen LogP contribution in [0.2, 0.25) is 10.0 Å². The van der Waals surface area contributed by atoms with Crippen molar-refractivity contribution in [3.63, 3.8) is 0 Å². The first-order valence-corrected chi connectivity index (χ1v) is 7.30. The number of aromatic nitrogens is 3. The van der Waals surface area contributed by atoms with Gasteiger partial charge in [0, 0.05) is 34.6 Å². The van der Waals surface area contributed by atoms with Crippen molar-refractivity contribution < 1.29 is 0 Å². The smallest absolute Gasteiger partial charge is 0.113 e. The van der Waals surface area contributed by atoms with E-state index in [1.54, 1.807) is 12.3 Å². The molecule has 0 saturated carbocycles. The highest BCUT2D eigenvalue weighted by Crippen LogP contribution is 2.31. The zero-order valence-corrected chi connectivity index (χ0v) is 12.9. The number of aromatic amines is 1. The van der Waals surface area contributed by atoms with Crippen LogP contribution in [-0.4, -0.2) is 15.0 Å². The van der Waals surface area contributed by atoms with Crippen molar-refractivity contribution in [3.05, 3.63) is 69.9 Å². The summed E-state index contributed by atoms with van der Waals surface area (Å²) in [5.74, 6) is 0.868. The molecule has 0 spiro atoms. The monoisotopic (exact) mass is 317 g/mol. The van der Waals surface area contributed by atoms with E-state index in [9.17, 15) is 0 Å². The van der Waals surface area contributed by atoms with Crippen LogP contribution in [0.1, 0.15) is 17.2 Å². The Bertz CT molecular complexity index is 766. The number of benzene rings is 1. The SMILES string of the molecule is Cc1[nH]c(Cc2ccccn2)nc1-c1ccc(Cl)cc1Cl. The molecule has 3 rings (SSSR count). The van der Waals surface area contributed by atoms with E-state index in [-0.39, 0.29) is 0 Å². The van der Waals surface area contributed by atoms with Crippen LogP contribution in [0.5, 0.6) is 0 Å². The van der Waals surface area contributed by atoms with Gasteiger partial charge in [0.05, 0.1) is 10.7 Å². The summed E-state index contributed by atoms with van der Waals surface area (Å²) in [7, 11) is 0. The molecule has 2 heterocycles. The minimum atomic E-state index is 0.599. The van der Waals surface area contributed by atoms with Crippen molar-refractivity contribution in [1.29, 1.82) is 0 Å². The Kier molecular flexibility index (Phi) is 3.95. The first-order valence-electron chi connectivity index (χ1n) is 6.54. The summed E-state index contributed by atoms with van der Waals surface area (Å²) in [6, 6.07) is 11.3. The lowest BCUT2D eigenvalue weighted by Gasteiger charge is -2.02. The molecule has 0 bridgehead atoms. The highest BCUT2D eigenvalue weighted by molar-refractivity contribution is 6.36. The summed E-state index contributed by atoms with van der Waals surface area (Å²) >= 11 is 12.2. The van der Waals surface area contributed by atoms with E-state index in [1.165, 1.54) is 0 Å². The van der Waals surface area contributed by atoms with Crippen LogP contribution in [0.3, 0.4) is 0 Å². The lowest BCUT2D eigenvalue weighted by molar-refractivity contribution is 0.971. The Balaban J connectivity index is 1.94. The number of H-pyrrole nitrogens is 1. The molecule has 1 aromatic carbocycles. The molecule has 5 heteroatoms. The number of hydrogen-bond donors (Lipinski definition) is 1. The van der Waals surface area contributed by atoms with E-state index >= 15 is 0 Å². The molecule has 21 heavy (non-hydrogen) atoms. The van der Waals surface area contributed by atoms with Crippen molar-refractivity contribution in [3.8, 4) is 11.3 Å². The topological polar surface area (TPSA) is 41.6 Å². The van der Waals surface area contributed by atoms with E-state index < -0.39 is 0 Å². The number of nitrogens with zero attached hydrogens (tertiary/aromatic N) is 2. The predicted molar refractivity (Wildman–Crippen MR) is 85.8 cm³/mol. The summed E-state index contributed by atoms with van der Waals surface area (Å²) in [6.45, 7) is 1.98. The molecule has 106 valence electrons. The lowest BCUT2D eigenvalue weighted by Crippen LogP contribution is -1.93. The second-order valence-corrected chi connectivity index (χ2v) is 5.62. The van der Waals surface area contributed by atoms with E-state index in [0.29, 0.717) is 16.5 Å². The summed E-state index contributed by atoms with van der Waals surface area (Å²) in [5, 5.41) is 1.21. The quantitative estimate of drug-likeness (QED) is 0.762. The summed E-state index contributed by atoms with van der Waals surface area (Å²) in [5.41, 5.74) is 3.68. The Morgan fingerprint density at radius 3 is 2.71 bits per heavy atom. The molecule has 0 radical (unpaired) electrons. The maximum absolute atomic E-state index is 6.25. The highest BCUT2D eigenvalue weighted by Gasteiger charge is 2.13. The van der Waals surface area contributed by atoms with Gasteiger partial charge in [-0.1, -0.05) is 29.3 Å². The molecule has 0 atom stereocenters. The number of halogens is 2. The van der Waals surface area contributed by atoms with Gasteiger partial charge in [-0.2, -0.15) is 0 Å². The normalized spacial score (nSPS) is 10.8. The minimum Gasteiger partial charge on any atom is -0.345 e. The van der Waals surface area contributed by atoms with Gasteiger partial charge >= 0.3 is 0 Å². The average Bonchev–Trinajstić information content (AvgIpc) is 2.80. The predicted octanol–water partition coefficient (Wildman–Crippen LogP) is 4.68. The van der Waals surface area contributed by atoms with Gasteiger partial charge in [0.1, 0.15) is 5.82 Å². The van der Waals surface area contributed by atoms with Gasteiger partial charge in [-0.25, -0.2) is 4.98 Å². The van der Waals surface area contributed by atoms with Crippen molar-refractivity contribution in [2.24, 2.45) is 0 Å². The summed E-state index contributed by atoms with van der Waals surface area (Å²) < 4.78 is 0. The Labute approximate surface area is 133 Å². The van der Waals surface area contributed by atoms with Gasteiger partial charge < -0.3 is 4.98 Å². The van der Waals surface area contributed by atoms with Gasteiger partial charge in [0.2, 0.25) is 0 Å². The molecular formula is C16H13Cl2N3. The van der Waals surface area contributed by atoms with Gasteiger partial charge in [-0.3, -0.25) is 4.98 Å². The highest BCUT2D eigenvalue weighted by atomic mass is 35.5. The van der Waals surface area contributed by atoms with Crippen molar-refractivity contribution in [2.75, 3.05) is 0 Å². The number of pyridine rings is 1. The molecule has 0 saturated heterocycles. The zero-order chi connectivity index (χ0) is 14.8. The van der Waals surface area contributed by atoms with Crippen molar-refractivity contribution in [2.45, 2.75) is 13.3 Å². The second-order valence-electron chi connectivity index (χ2n) is 4.78. The molecule has 0 aliphatic heterocycles. The van der Waals surface area contributed by atoms with E-state index in [4.69, 9.17) is 23.2 Å². The van der Waals surface area contributed by atoms with Crippen LogP contribution in [0, 0.1) is 6.92 Å². The molecule has 0 aliphatic carbocycles. The average molecular weight is 318 g/mol. The molecule has 3 nitrogen and oxygen atoms in total. The largest absolute Gasteiger partial charge is 0.345 e. The molecule has 0 amide bonds. The Morgan fingerprint density at radius 2 is 2.00 bits per heavy atom. The molecule has 0 unspecified atom stereocenters. The standard InChI is InChI=1S/C16H13Cl2N3/c1-10-16(13-6-5-11(17)8-14(13)18)21-15(20-10)9-12-4-2-3-7-19-12/h2-8H,9H2,1H3,(H,20,21). The fourth-order valence-electron chi connectivity index (χ4n) is 2.22. The molecule has 0 fully saturated rings. The van der Waals surface area contributed by atoms with Crippen molar-refractivity contribution in [1.82, 2.24) is 15.0 Å². The van der Waals surface area contributed by atoms with Crippen LogP contribution in [0.15, 0.2) is 42.6 Å². The maximum atomic E-state index is 6.25. The zero-order valence-electron chi connectivity index (χ0n) is 11.4. The number of nitrogens with one attached hydrogen (secondary N) is 1. The van der Waals surface area contributed by atoms with Crippen LogP contribution < -0.4 is 0 Å². The third-order valence-electron chi connectivity index (χ3n) is 3.19. The van der Waals surface area contributed by atoms with Crippen LogP contribution >= 0.6 is 23.2 Å². The van der Waals surface area contributed by atoms with Crippen LogP contribution in [-0.2, 0) is 6.42 Å². The maximum Gasteiger partial charge on any atom is 0.113 e. The van der Waals surface area contributed by atoms with Crippen LogP contribution in [0.4, 0.5) is 0 Å². The number of hydrogen-bond acceptors (Lipinski definition) is 2. The third-order valence-corrected chi connectivity index (χ3v) is 3.74. The van der Waals surface area contributed by atoms with Crippen LogP contribution in [0.25, 0.3) is 11.3 Å². The number of aryl methyl sites for hydroxylation is 1. The fourth-order valence-corrected chi connectivity index (χ4v) is 2.72. The molecule has 3 aromatic rings. The molecule has 1 N–H and O–H groups in total. The summed E-state index contributed by atoms with van der Waals surface area (Å²) in [4.78, 5) is 12.2. The minimum absolute atomic E-state index is 0.599.